The second-order valence-corrected chi connectivity index (χ2v) is 6.66. The van der Waals surface area contributed by atoms with Crippen LogP contribution >= 0.6 is 0 Å². The number of hydrogen-bond acceptors (Lipinski definition) is 2. The van der Waals surface area contributed by atoms with Gasteiger partial charge in [-0.15, -0.1) is 0 Å². The Labute approximate surface area is 110 Å². The first-order valence-electron chi connectivity index (χ1n) is 7.77. The van der Waals surface area contributed by atoms with Crippen molar-refractivity contribution in [3.63, 3.8) is 0 Å². The van der Waals surface area contributed by atoms with Gasteiger partial charge in [0.05, 0.1) is 0 Å². The van der Waals surface area contributed by atoms with Crippen molar-refractivity contribution in [2.24, 2.45) is 11.8 Å². The third kappa shape index (κ3) is 2.87. The Morgan fingerprint density at radius 3 is 2.28 bits per heavy atom. The molecule has 102 valence electrons. The quantitative estimate of drug-likeness (QED) is 0.832. The zero-order chi connectivity index (χ0) is 12.5. The average Bonchev–Trinajstić information content (AvgIpc) is 3.14. The molecule has 1 N–H and O–H groups in total. The molecular formula is C15H26N2O. The van der Waals surface area contributed by atoms with Gasteiger partial charge in [0.1, 0.15) is 0 Å². The van der Waals surface area contributed by atoms with Crippen LogP contribution in [-0.2, 0) is 4.79 Å². The van der Waals surface area contributed by atoms with Gasteiger partial charge in [0.15, 0.2) is 0 Å². The lowest BCUT2D eigenvalue weighted by Crippen LogP contribution is -2.47. The van der Waals surface area contributed by atoms with Gasteiger partial charge < -0.3 is 10.2 Å². The molecule has 2 unspecified atom stereocenters. The standard InChI is InChI=1S/C15H26N2O/c1-11-2-5-14(10-11)16-13-6-8-17(9-7-13)15(18)12-3-4-12/h11-14,16H,2-10H2,1H3. The molecule has 3 heteroatoms. The van der Waals surface area contributed by atoms with E-state index in [2.05, 4.69) is 17.1 Å². The van der Waals surface area contributed by atoms with Crippen LogP contribution < -0.4 is 5.32 Å². The molecular weight excluding hydrogens is 224 g/mol. The van der Waals surface area contributed by atoms with E-state index in [-0.39, 0.29) is 0 Å². The summed E-state index contributed by atoms with van der Waals surface area (Å²) < 4.78 is 0. The number of amides is 1. The van der Waals surface area contributed by atoms with Crippen LogP contribution in [0.25, 0.3) is 0 Å². The molecule has 2 aliphatic carbocycles. The molecule has 1 aliphatic heterocycles. The van der Waals surface area contributed by atoms with Crippen LogP contribution in [0.2, 0.25) is 0 Å². The van der Waals surface area contributed by atoms with Crippen molar-refractivity contribution in [3.8, 4) is 0 Å². The Kier molecular flexibility index (Phi) is 3.60. The smallest absolute Gasteiger partial charge is 0.225 e. The van der Waals surface area contributed by atoms with Crippen LogP contribution in [0.1, 0.15) is 51.9 Å². The first kappa shape index (κ1) is 12.5. The molecule has 3 rings (SSSR count). The van der Waals surface area contributed by atoms with Gasteiger partial charge in [0.2, 0.25) is 5.91 Å². The number of likely N-dealkylation sites (tertiary alicyclic amines) is 1. The molecule has 3 aliphatic rings. The van der Waals surface area contributed by atoms with E-state index in [0.717, 1.165) is 50.7 Å². The molecule has 0 bridgehead atoms. The summed E-state index contributed by atoms with van der Waals surface area (Å²) in [5.74, 6) is 1.73. The van der Waals surface area contributed by atoms with Crippen molar-refractivity contribution in [1.82, 2.24) is 10.2 Å². The van der Waals surface area contributed by atoms with Crippen LogP contribution in [0.4, 0.5) is 0 Å². The monoisotopic (exact) mass is 250 g/mol. The normalized spacial score (nSPS) is 33.9. The predicted molar refractivity (Wildman–Crippen MR) is 72.3 cm³/mol. The number of carbonyl (C=O) groups excluding carboxylic acids is 1. The van der Waals surface area contributed by atoms with E-state index in [9.17, 15) is 4.79 Å². The van der Waals surface area contributed by atoms with Crippen LogP contribution in [-0.4, -0.2) is 36.0 Å². The van der Waals surface area contributed by atoms with Gasteiger partial charge in [-0.1, -0.05) is 6.92 Å². The van der Waals surface area contributed by atoms with E-state index in [0.29, 0.717) is 17.9 Å². The number of nitrogens with zero attached hydrogens (tertiary/aromatic N) is 1. The summed E-state index contributed by atoms with van der Waals surface area (Å²) in [6.07, 6.45) is 8.67. The van der Waals surface area contributed by atoms with Crippen molar-refractivity contribution in [1.29, 1.82) is 0 Å². The van der Waals surface area contributed by atoms with E-state index in [1.807, 2.05) is 0 Å². The number of hydrogen-bond donors (Lipinski definition) is 1. The van der Waals surface area contributed by atoms with E-state index in [1.165, 1.54) is 19.3 Å². The highest BCUT2D eigenvalue weighted by atomic mass is 16.2. The van der Waals surface area contributed by atoms with Crippen LogP contribution in [0.5, 0.6) is 0 Å². The lowest BCUT2D eigenvalue weighted by molar-refractivity contribution is -0.133. The summed E-state index contributed by atoms with van der Waals surface area (Å²) in [7, 11) is 0. The van der Waals surface area contributed by atoms with Gasteiger partial charge in [-0.3, -0.25) is 4.79 Å². The second kappa shape index (κ2) is 5.20. The summed E-state index contributed by atoms with van der Waals surface area (Å²) >= 11 is 0. The minimum atomic E-state index is 0.394. The lowest BCUT2D eigenvalue weighted by atomic mass is 10.0. The molecule has 0 aromatic rings. The van der Waals surface area contributed by atoms with E-state index < -0.39 is 0 Å². The van der Waals surface area contributed by atoms with Crippen LogP contribution in [0, 0.1) is 11.8 Å². The van der Waals surface area contributed by atoms with Crippen molar-refractivity contribution in [3.05, 3.63) is 0 Å². The zero-order valence-electron chi connectivity index (χ0n) is 11.5. The minimum Gasteiger partial charge on any atom is -0.342 e. The zero-order valence-corrected chi connectivity index (χ0v) is 11.5. The topological polar surface area (TPSA) is 32.3 Å². The molecule has 0 aromatic heterocycles. The van der Waals surface area contributed by atoms with Gasteiger partial charge in [0.25, 0.3) is 0 Å². The molecule has 2 atom stereocenters. The number of carbonyl (C=O) groups is 1. The average molecular weight is 250 g/mol. The molecule has 3 fully saturated rings. The van der Waals surface area contributed by atoms with Crippen molar-refractivity contribution < 1.29 is 4.79 Å². The van der Waals surface area contributed by atoms with Gasteiger partial charge in [-0.05, 0) is 50.9 Å². The highest BCUT2D eigenvalue weighted by Crippen LogP contribution is 2.32. The fourth-order valence-corrected chi connectivity index (χ4v) is 3.55. The third-order valence-corrected chi connectivity index (χ3v) is 4.90. The van der Waals surface area contributed by atoms with Gasteiger partial charge in [-0.25, -0.2) is 0 Å². The Bertz CT molecular complexity index is 306. The SMILES string of the molecule is CC1CCC(NC2CCN(C(=O)C3CC3)CC2)C1. The molecule has 1 amide bonds. The third-order valence-electron chi connectivity index (χ3n) is 4.90. The van der Waals surface area contributed by atoms with E-state index >= 15 is 0 Å². The van der Waals surface area contributed by atoms with Gasteiger partial charge in [-0.2, -0.15) is 0 Å². The molecule has 1 heterocycles. The molecule has 0 radical (unpaired) electrons. The second-order valence-electron chi connectivity index (χ2n) is 6.66. The molecule has 3 nitrogen and oxygen atoms in total. The number of nitrogens with one attached hydrogen (secondary N) is 1. The lowest BCUT2D eigenvalue weighted by Gasteiger charge is -2.34. The van der Waals surface area contributed by atoms with Crippen molar-refractivity contribution in [2.75, 3.05) is 13.1 Å². The maximum absolute atomic E-state index is 12.0. The summed E-state index contributed by atoms with van der Waals surface area (Å²) in [5, 5.41) is 3.81. The maximum Gasteiger partial charge on any atom is 0.225 e. The van der Waals surface area contributed by atoms with Crippen LogP contribution in [0.3, 0.4) is 0 Å². The fourth-order valence-electron chi connectivity index (χ4n) is 3.55. The number of piperidine rings is 1. The van der Waals surface area contributed by atoms with Gasteiger partial charge in [0, 0.05) is 31.1 Å². The Morgan fingerprint density at radius 2 is 1.72 bits per heavy atom. The Morgan fingerprint density at radius 1 is 1.00 bits per heavy atom. The molecule has 18 heavy (non-hydrogen) atoms. The first-order chi connectivity index (χ1) is 8.72. The van der Waals surface area contributed by atoms with Gasteiger partial charge >= 0.3 is 0 Å². The number of rotatable bonds is 3. The first-order valence-corrected chi connectivity index (χ1v) is 7.77. The van der Waals surface area contributed by atoms with E-state index in [4.69, 9.17) is 0 Å². The minimum absolute atomic E-state index is 0.394. The van der Waals surface area contributed by atoms with E-state index in [1.54, 1.807) is 0 Å². The summed E-state index contributed by atoms with van der Waals surface area (Å²) in [4.78, 5) is 14.1. The largest absolute Gasteiger partial charge is 0.342 e. The Balaban J connectivity index is 1.41. The molecule has 2 saturated carbocycles. The molecule has 0 spiro atoms. The summed E-state index contributed by atoms with van der Waals surface area (Å²) in [6, 6.07) is 1.40. The highest BCUT2D eigenvalue weighted by molar-refractivity contribution is 5.81. The fraction of sp³-hybridized carbons (Fsp3) is 0.933. The van der Waals surface area contributed by atoms with Crippen molar-refractivity contribution >= 4 is 5.91 Å². The highest BCUT2D eigenvalue weighted by Gasteiger charge is 2.35. The summed E-state index contributed by atoms with van der Waals surface area (Å²) in [6.45, 7) is 4.32. The maximum atomic E-state index is 12.0. The molecule has 1 saturated heterocycles. The van der Waals surface area contributed by atoms with Crippen molar-refractivity contribution in [2.45, 2.75) is 64.0 Å². The predicted octanol–water partition coefficient (Wildman–Crippen LogP) is 2.17. The molecule has 0 aromatic carbocycles. The Hall–Kier alpha value is -0.570. The van der Waals surface area contributed by atoms with Crippen LogP contribution in [0.15, 0.2) is 0 Å². The summed E-state index contributed by atoms with van der Waals surface area (Å²) in [5.41, 5.74) is 0.